The number of ether oxygens (including phenoxy) is 2. The molecule has 0 aliphatic carbocycles. The van der Waals surface area contributed by atoms with Crippen LogP contribution >= 0.6 is 0 Å². The number of hydrogen-bond acceptors (Lipinski definition) is 8. The number of hydrogen-bond donors (Lipinski definition) is 3. The summed E-state index contributed by atoms with van der Waals surface area (Å²) in [6, 6.07) is 0. The van der Waals surface area contributed by atoms with E-state index in [4.69, 9.17) is 15.6 Å². The highest BCUT2D eigenvalue weighted by Gasteiger charge is 2.50. The molecule has 2 aromatic heterocycles. The highest BCUT2D eigenvalue weighted by atomic mass is 19.4. The summed E-state index contributed by atoms with van der Waals surface area (Å²) >= 11 is 0. The van der Waals surface area contributed by atoms with Gasteiger partial charge in [0.15, 0.2) is 17.7 Å². The lowest BCUT2D eigenvalue weighted by Crippen LogP contribution is -2.39. The Hall–Kier alpha value is -2.02. The monoisotopic (exact) mass is 335 g/mol. The predicted molar refractivity (Wildman–Crippen MR) is 67.7 cm³/mol. The Labute approximate surface area is 126 Å². The average molecular weight is 335 g/mol. The van der Waals surface area contributed by atoms with E-state index in [9.17, 15) is 18.3 Å². The van der Waals surface area contributed by atoms with Crippen molar-refractivity contribution in [3.05, 3.63) is 12.7 Å². The van der Waals surface area contributed by atoms with Gasteiger partial charge in [0.2, 0.25) is 0 Å². The average Bonchev–Trinajstić information content (AvgIpc) is 3.01. The minimum Gasteiger partial charge on any atom is -0.394 e. The zero-order valence-corrected chi connectivity index (χ0v) is 11.4. The Bertz CT molecular complexity index is 709. The molecule has 1 fully saturated rings. The van der Waals surface area contributed by atoms with Crippen molar-refractivity contribution < 1.29 is 32.9 Å². The van der Waals surface area contributed by atoms with Crippen molar-refractivity contribution in [3.8, 4) is 0 Å². The van der Waals surface area contributed by atoms with Crippen molar-refractivity contribution in [2.24, 2.45) is 0 Å². The summed E-state index contributed by atoms with van der Waals surface area (Å²) in [5.74, 6) is 0.0410. The van der Waals surface area contributed by atoms with E-state index < -0.39 is 37.5 Å². The maximum atomic E-state index is 12.6. The van der Waals surface area contributed by atoms with Gasteiger partial charge in [-0.1, -0.05) is 0 Å². The van der Waals surface area contributed by atoms with E-state index in [1.807, 2.05) is 0 Å². The van der Waals surface area contributed by atoms with Gasteiger partial charge in [-0.2, -0.15) is 0 Å². The summed E-state index contributed by atoms with van der Waals surface area (Å²) in [6.45, 7) is -0.681. The molecule has 23 heavy (non-hydrogen) atoms. The van der Waals surface area contributed by atoms with Crippen molar-refractivity contribution in [2.75, 3.05) is 12.3 Å². The molecule has 0 radical (unpaired) electrons. The first-order valence-corrected chi connectivity index (χ1v) is 6.43. The van der Waals surface area contributed by atoms with Crippen LogP contribution in [0.5, 0.6) is 0 Å². The number of alkyl halides is 3. The third-order valence-corrected chi connectivity index (χ3v) is 3.42. The van der Waals surface area contributed by atoms with Gasteiger partial charge in [0, 0.05) is 0 Å². The highest BCUT2D eigenvalue weighted by Crippen LogP contribution is 2.37. The number of fused-ring (bicyclic) bond motifs is 1. The molecule has 3 rings (SSSR count). The normalized spacial score (nSPS) is 28.6. The van der Waals surface area contributed by atoms with Crippen LogP contribution in [0.25, 0.3) is 11.2 Å². The van der Waals surface area contributed by atoms with Crippen LogP contribution in [0.1, 0.15) is 6.23 Å². The summed E-state index contributed by atoms with van der Waals surface area (Å²) in [5.41, 5.74) is 5.90. The molecule has 0 aromatic carbocycles. The lowest BCUT2D eigenvalue weighted by atomic mass is 10.1. The molecule has 0 spiro atoms. The molecule has 9 nitrogen and oxygen atoms in total. The lowest BCUT2D eigenvalue weighted by Gasteiger charge is -2.22. The number of aliphatic hydroxyl groups is 2. The molecule has 0 amide bonds. The van der Waals surface area contributed by atoms with Gasteiger partial charge in [0.25, 0.3) is 0 Å². The van der Waals surface area contributed by atoms with Crippen molar-refractivity contribution >= 4 is 17.0 Å². The largest absolute Gasteiger partial charge is 0.523 e. The number of halogens is 3. The third kappa shape index (κ3) is 2.81. The van der Waals surface area contributed by atoms with Crippen LogP contribution in [0.15, 0.2) is 12.7 Å². The fourth-order valence-corrected chi connectivity index (χ4v) is 2.43. The molecule has 0 saturated carbocycles. The van der Waals surface area contributed by atoms with E-state index in [0.717, 1.165) is 17.2 Å². The van der Waals surface area contributed by atoms with Gasteiger partial charge in [-0.15, -0.1) is 13.2 Å². The lowest BCUT2D eigenvalue weighted by molar-refractivity contribution is -0.355. The van der Waals surface area contributed by atoms with Gasteiger partial charge in [0.1, 0.15) is 30.2 Å². The maximum Gasteiger partial charge on any atom is 0.523 e. The number of aromatic nitrogens is 4. The predicted octanol–water partition coefficient (Wildman–Crippen LogP) is -0.436. The number of aliphatic hydroxyl groups excluding tert-OH is 2. The second-order valence-corrected chi connectivity index (χ2v) is 4.85. The van der Waals surface area contributed by atoms with E-state index in [-0.39, 0.29) is 17.0 Å². The molecular weight excluding hydrogens is 323 g/mol. The van der Waals surface area contributed by atoms with Crippen molar-refractivity contribution in [3.63, 3.8) is 0 Å². The summed E-state index contributed by atoms with van der Waals surface area (Å²) in [4.78, 5) is 11.5. The number of anilines is 1. The van der Waals surface area contributed by atoms with Crippen LogP contribution in [0.3, 0.4) is 0 Å². The first kappa shape index (κ1) is 15.9. The first-order valence-electron chi connectivity index (χ1n) is 6.43. The molecular formula is C11H12F3N5O4. The standard InChI is InChI=1S/C11H12F3N5O4/c12-11(13,14)23-7-6(21)4(1-20)22-10(7)19-3-18-5-8(15)16-2-17-9(5)19/h2-4,6-7,10,20-21H,1H2,(H2,15,16,17)/t4-,6+,7-,10-/m1/s1. The molecule has 0 bridgehead atoms. The van der Waals surface area contributed by atoms with Gasteiger partial charge in [0.05, 0.1) is 12.9 Å². The zero-order valence-electron chi connectivity index (χ0n) is 11.4. The molecule has 4 N–H and O–H groups in total. The van der Waals surface area contributed by atoms with Gasteiger partial charge in [-0.05, 0) is 0 Å². The fourth-order valence-electron chi connectivity index (χ4n) is 2.43. The van der Waals surface area contributed by atoms with E-state index in [0.29, 0.717) is 0 Å². The minimum absolute atomic E-state index is 0.0410. The van der Waals surface area contributed by atoms with Crippen molar-refractivity contribution in [1.82, 2.24) is 19.5 Å². The van der Waals surface area contributed by atoms with E-state index >= 15 is 0 Å². The fraction of sp³-hybridized carbons (Fsp3) is 0.545. The van der Waals surface area contributed by atoms with E-state index in [1.54, 1.807) is 0 Å². The molecule has 3 heterocycles. The smallest absolute Gasteiger partial charge is 0.394 e. The molecule has 0 unspecified atom stereocenters. The van der Waals surface area contributed by atoms with Crippen molar-refractivity contribution in [1.29, 1.82) is 0 Å². The Morgan fingerprint density at radius 2 is 2.09 bits per heavy atom. The maximum absolute atomic E-state index is 12.6. The summed E-state index contributed by atoms with van der Waals surface area (Å²) in [5, 5.41) is 19.0. The van der Waals surface area contributed by atoms with Crippen molar-refractivity contribution in [2.45, 2.75) is 30.9 Å². The summed E-state index contributed by atoms with van der Waals surface area (Å²) in [6.07, 6.45) is -8.87. The molecule has 2 aromatic rings. The van der Waals surface area contributed by atoms with E-state index in [2.05, 4.69) is 19.7 Å². The molecule has 1 aliphatic rings. The second kappa shape index (κ2) is 5.56. The SMILES string of the molecule is Nc1ncnc2c1ncn2[C@@H]1O[C@H](CO)[C@H](O)[C@H]1OC(F)(F)F. The molecule has 126 valence electrons. The number of nitrogens with two attached hydrogens (primary N) is 1. The van der Waals surface area contributed by atoms with Crippen LogP contribution in [0, 0.1) is 0 Å². The van der Waals surface area contributed by atoms with Gasteiger partial charge in [-0.3, -0.25) is 9.30 Å². The Morgan fingerprint density at radius 1 is 1.35 bits per heavy atom. The Kier molecular flexibility index (Phi) is 3.83. The zero-order chi connectivity index (χ0) is 16.8. The Balaban J connectivity index is 2.02. The minimum atomic E-state index is -5.00. The number of rotatable bonds is 3. The third-order valence-electron chi connectivity index (χ3n) is 3.42. The molecule has 1 aliphatic heterocycles. The Morgan fingerprint density at radius 3 is 2.74 bits per heavy atom. The van der Waals surface area contributed by atoms with Crippen LogP contribution in [0.4, 0.5) is 19.0 Å². The number of nitrogens with zero attached hydrogens (tertiary/aromatic N) is 4. The topological polar surface area (TPSA) is 129 Å². The van der Waals surface area contributed by atoms with Crippen LogP contribution < -0.4 is 5.73 Å². The van der Waals surface area contributed by atoms with Gasteiger partial charge < -0.3 is 20.7 Å². The summed E-state index contributed by atoms with van der Waals surface area (Å²) in [7, 11) is 0. The summed E-state index contributed by atoms with van der Waals surface area (Å²) < 4.78 is 48.1. The quantitative estimate of drug-likeness (QED) is 0.689. The number of imidazole rings is 1. The first-order chi connectivity index (χ1) is 10.8. The van der Waals surface area contributed by atoms with Crippen LogP contribution in [0.2, 0.25) is 0 Å². The molecule has 12 heteroatoms. The molecule has 1 saturated heterocycles. The highest BCUT2D eigenvalue weighted by molar-refractivity contribution is 5.81. The van der Waals surface area contributed by atoms with Crippen LogP contribution in [-0.4, -0.2) is 61.0 Å². The molecule has 4 atom stereocenters. The van der Waals surface area contributed by atoms with Gasteiger partial charge in [-0.25, -0.2) is 15.0 Å². The number of nitrogen functional groups attached to an aromatic ring is 1. The van der Waals surface area contributed by atoms with Gasteiger partial charge >= 0.3 is 6.36 Å². The second-order valence-electron chi connectivity index (χ2n) is 4.85. The van der Waals surface area contributed by atoms with Crippen LogP contribution in [-0.2, 0) is 9.47 Å². The van der Waals surface area contributed by atoms with E-state index in [1.165, 1.54) is 0 Å².